The highest BCUT2D eigenvalue weighted by Gasteiger charge is 2.12. The molecule has 3 rings (SSSR count). The number of hydrogen-bond donors (Lipinski definition) is 0. The Bertz CT molecular complexity index is 960. The highest BCUT2D eigenvalue weighted by molar-refractivity contribution is 7.99. The third-order valence-electron chi connectivity index (χ3n) is 3.31. The van der Waals surface area contributed by atoms with E-state index in [0.29, 0.717) is 15.8 Å². The Balaban J connectivity index is 2.07. The van der Waals surface area contributed by atoms with Gasteiger partial charge in [-0.2, -0.15) is 0 Å². The van der Waals surface area contributed by atoms with Gasteiger partial charge < -0.3 is 0 Å². The summed E-state index contributed by atoms with van der Waals surface area (Å²) in [5.41, 5.74) is 2.78. The minimum absolute atomic E-state index is 0.219. The second-order valence-corrected chi connectivity index (χ2v) is 6.68. The molecule has 118 valence electrons. The molecule has 5 nitrogen and oxygen atoms in total. The molecule has 3 aromatic rings. The maximum Gasteiger partial charge on any atom is 0.300 e. The van der Waals surface area contributed by atoms with Gasteiger partial charge in [0.2, 0.25) is 5.65 Å². The molecule has 0 aliphatic rings. The predicted octanol–water partition coefficient (Wildman–Crippen LogP) is 3.51. The molecule has 2 aromatic heterocycles. The van der Waals surface area contributed by atoms with Crippen molar-refractivity contribution in [1.29, 1.82) is 0 Å². The van der Waals surface area contributed by atoms with Crippen molar-refractivity contribution in [3.05, 3.63) is 63.7 Å². The van der Waals surface area contributed by atoms with Gasteiger partial charge in [0, 0.05) is 28.9 Å². The smallest absolute Gasteiger partial charge is 0.280 e. The van der Waals surface area contributed by atoms with E-state index in [1.54, 1.807) is 33.5 Å². The van der Waals surface area contributed by atoms with Crippen LogP contribution in [0.5, 0.6) is 0 Å². The first-order valence-corrected chi connectivity index (χ1v) is 8.34. The van der Waals surface area contributed by atoms with Gasteiger partial charge in [-0.1, -0.05) is 35.5 Å². The molecule has 0 N–H and O–H groups in total. The topological polar surface area (TPSA) is 52.2 Å². The molecule has 7 heteroatoms. The summed E-state index contributed by atoms with van der Waals surface area (Å²) in [4.78, 5) is 12.7. The van der Waals surface area contributed by atoms with Crippen molar-refractivity contribution in [2.75, 3.05) is 5.75 Å². The van der Waals surface area contributed by atoms with Crippen LogP contribution < -0.4 is 5.56 Å². The second kappa shape index (κ2) is 6.22. The van der Waals surface area contributed by atoms with Crippen LogP contribution in [-0.2, 0) is 0 Å². The number of rotatable bonds is 4. The third kappa shape index (κ3) is 3.04. The van der Waals surface area contributed by atoms with Gasteiger partial charge in [0.05, 0.1) is 0 Å². The number of thioether (sulfide) groups is 1. The highest BCUT2D eigenvalue weighted by Crippen LogP contribution is 2.20. The highest BCUT2D eigenvalue weighted by atomic mass is 35.5. The van der Waals surface area contributed by atoms with E-state index in [1.165, 1.54) is 11.8 Å². The van der Waals surface area contributed by atoms with E-state index >= 15 is 0 Å². The number of nitrogens with zero attached hydrogens (tertiary/aromatic N) is 4. The molecule has 0 aliphatic heterocycles. The largest absolute Gasteiger partial charge is 0.300 e. The molecule has 0 fully saturated rings. The van der Waals surface area contributed by atoms with Crippen LogP contribution in [0, 0.1) is 6.92 Å². The molecule has 2 heterocycles. The van der Waals surface area contributed by atoms with Gasteiger partial charge in [-0.3, -0.25) is 13.8 Å². The number of aromatic nitrogens is 4. The molecule has 0 saturated heterocycles. The second-order valence-electron chi connectivity index (χ2n) is 5.33. The fourth-order valence-corrected chi connectivity index (χ4v) is 3.01. The average molecular weight is 347 g/mol. The minimum atomic E-state index is -0.219. The Morgan fingerprint density at radius 1 is 1.35 bits per heavy atom. The Kier molecular flexibility index (Phi) is 4.28. The summed E-state index contributed by atoms with van der Waals surface area (Å²) in [5.74, 6) is 0.736. The summed E-state index contributed by atoms with van der Waals surface area (Å²) in [7, 11) is 0. The van der Waals surface area contributed by atoms with E-state index in [9.17, 15) is 4.79 Å². The van der Waals surface area contributed by atoms with Crippen molar-refractivity contribution >= 4 is 29.0 Å². The van der Waals surface area contributed by atoms with E-state index in [2.05, 4.69) is 16.8 Å². The van der Waals surface area contributed by atoms with E-state index < -0.39 is 0 Å². The van der Waals surface area contributed by atoms with Gasteiger partial charge in [0.1, 0.15) is 0 Å². The van der Waals surface area contributed by atoms with Crippen LogP contribution in [0.1, 0.15) is 12.5 Å². The molecule has 23 heavy (non-hydrogen) atoms. The Labute approximate surface area is 142 Å². The maximum absolute atomic E-state index is 12.7. The molecule has 0 saturated carbocycles. The lowest BCUT2D eigenvalue weighted by atomic mass is 10.2. The van der Waals surface area contributed by atoms with Gasteiger partial charge >= 0.3 is 5.56 Å². The number of fused-ring (bicyclic) bond motifs is 1. The lowest BCUT2D eigenvalue weighted by Crippen LogP contribution is -2.20. The van der Waals surface area contributed by atoms with E-state index in [4.69, 9.17) is 11.6 Å². The summed E-state index contributed by atoms with van der Waals surface area (Å²) in [5, 5.41) is 9.47. The van der Waals surface area contributed by atoms with Crippen molar-refractivity contribution in [1.82, 2.24) is 19.2 Å². The fourth-order valence-electron chi connectivity index (χ4n) is 2.13. The van der Waals surface area contributed by atoms with Crippen LogP contribution in [0.15, 0.2) is 52.7 Å². The quantitative estimate of drug-likeness (QED) is 0.536. The number of halogens is 1. The predicted molar refractivity (Wildman–Crippen MR) is 93.9 cm³/mol. The van der Waals surface area contributed by atoms with Crippen LogP contribution in [0.4, 0.5) is 0 Å². The monoisotopic (exact) mass is 346 g/mol. The number of hydrogen-bond acceptors (Lipinski definition) is 4. The molecule has 0 unspecified atom stereocenters. The Morgan fingerprint density at radius 2 is 2.13 bits per heavy atom. The molecular weight excluding hydrogens is 332 g/mol. The van der Waals surface area contributed by atoms with Crippen LogP contribution in [0.2, 0.25) is 5.02 Å². The SMILES string of the molecule is C=C(C)CSc1nnc2c(=O)n(-c3ccc(Cl)c(C)c3)ccn12. The molecule has 0 atom stereocenters. The molecule has 0 spiro atoms. The van der Waals surface area contributed by atoms with Crippen LogP contribution in [0.25, 0.3) is 11.3 Å². The van der Waals surface area contributed by atoms with E-state index in [0.717, 1.165) is 22.6 Å². The zero-order valence-corrected chi connectivity index (χ0v) is 14.4. The summed E-state index contributed by atoms with van der Waals surface area (Å²) >= 11 is 7.55. The van der Waals surface area contributed by atoms with Crippen LogP contribution in [-0.4, -0.2) is 24.9 Å². The molecule has 0 radical (unpaired) electrons. The molecule has 1 aromatic carbocycles. The Hall–Kier alpha value is -2.05. The standard InChI is InChI=1S/C16H15ClN4OS/c1-10(2)9-23-16-19-18-14-15(22)20(6-7-21(14)16)12-4-5-13(17)11(3)8-12/h4-8H,1,9H2,2-3H3. The molecular formula is C16H15ClN4OS. The van der Waals surface area contributed by atoms with Crippen LogP contribution >= 0.6 is 23.4 Å². The number of aryl methyl sites for hydroxylation is 1. The summed E-state index contributed by atoms with van der Waals surface area (Å²) in [6, 6.07) is 5.45. The van der Waals surface area contributed by atoms with Gasteiger partial charge in [-0.15, -0.1) is 10.2 Å². The summed E-state index contributed by atoms with van der Waals surface area (Å²) in [6.45, 7) is 7.72. The normalized spacial score (nSPS) is 11.1. The summed E-state index contributed by atoms with van der Waals surface area (Å²) < 4.78 is 3.25. The van der Waals surface area contributed by atoms with Crippen molar-refractivity contribution in [2.24, 2.45) is 0 Å². The van der Waals surface area contributed by atoms with E-state index in [1.807, 2.05) is 19.9 Å². The zero-order valence-electron chi connectivity index (χ0n) is 12.8. The van der Waals surface area contributed by atoms with Gasteiger partial charge in [-0.05, 0) is 37.6 Å². The first-order chi connectivity index (χ1) is 11.0. The Morgan fingerprint density at radius 3 is 2.83 bits per heavy atom. The minimum Gasteiger partial charge on any atom is -0.280 e. The molecule has 0 bridgehead atoms. The van der Waals surface area contributed by atoms with Gasteiger partial charge in [0.15, 0.2) is 5.16 Å². The molecule has 0 amide bonds. The molecule has 0 aliphatic carbocycles. The first-order valence-electron chi connectivity index (χ1n) is 6.97. The lowest BCUT2D eigenvalue weighted by molar-refractivity contribution is 0.893. The fraction of sp³-hybridized carbons (Fsp3) is 0.188. The van der Waals surface area contributed by atoms with Gasteiger partial charge in [-0.25, -0.2) is 0 Å². The summed E-state index contributed by atoms with van der Waals surface area (Å²) in [6.07, 6.45) is 3.51. The van der Waals surface area contributed by atoms with E-state index in [-0.39, 0.29) is 5.56 Å². The lowest BCUT2D eigenvalue weighted by Gasteiger charge is -2.08. The average Bonchev–Trinajstić information content (AvgIpc) is 2.92. The third-order valence-corrected chi connectivity index (χ3v) is 4.90. The number of benzene rings is 1. The maximum atomic E-state index is 12.7. The van der Waals surface area contributed by atoms with Gasteiger partial charge in [0.25, 0.3) is 0 Å². The van der Waals surface area contributed by atoms with Crippen molar-refractivity contribution < 1.29 is 0 Å². The van der Waals surface area contributed by atoms with Crippen molar-refractivity contribution in [3.63, 3.8) is 0 Å². The van der Waals surface area contributed by atoms with Crippen molar-refractivity contribution in [2.45, 2.75) is 19.0 Å². The zero-order chi connectivity index (χ0) is 16.6. The first kappa shape index (κ1) is 15.8. The van der Waals surface area contributed by atoms with Crippen molar-refractivity contribution in [3.8, 4) is 5.69 Å². The van der Waals surface area contributed by atoms with Crippen LogP contribution in [0.3, 0.4) is 0 Å².